The van der Waals surface area contributed by atoms with Crippen molar-refractivity contribution in [1.29, 1.82) is 0 Å². The van der Waals surface area contributed by atoms with Crippen molar-refractivity contribution >= 4 is 40.1 Å². The molecule has 1 amide bonds. The topological polar surface area (TPSA) is 89.2 Å². The number of fused-ring (bicyclic) bond motifs is 1. The Kier molecular flexibility index (Phi) is 5.66. The summed E-state index contributed by atoms with van der Waals surface area (Å²) in [6.07, 6.45) is 7.72. The van der Waals surface area contributed by atoms with E-state index in [-0.39, 0.29) is 11.9 Å². The van der Waals surface area contributed by atoms with Crippen LogP contribution in [0.1, 0.15) is 25.7 Å². The second-order valence-corrected chi connectivity index (χ2v) is 8.47. The molecule has 0 spiro atoms. The Morgan fingerprint density at radius 2 is 1.91 bits per heavy atom. The van der Waals surface area contributed by atoms with Gasteiger partial charge in [0.2, 0.25) is 11.9 Å². The minimum absolute atomic E-state index is 0.0225. The molecule has 1 aromatic carbocycles. The molecule has 0 aliphatic carbocycles. The van der Waals surface area contributed by atoms with Crippen LogP contribution in [0.2, 0.25) is 0 Å². The molecule has 2 aliphatic rings. The van der Waals surface area contributed by atoms with Crippen molar-refractivity contribution in [3.8, 4) is 0 Å². The van der Waals surface area contributed by atoms with E-state index in [4.69, 9.17) is 4.98 Å². The van der Waals surface area contributed by atoms with Crippen LogP contribution in [-0.4, -0.2) is 58.0 Å². The third-order valence-corrected chi connectivity index (χ3v) is 6.26. The first kappa shape index (κ1) is 20.4. The highest BCUT2D eigenvalue weighted by Gasteiger charge is 2.23. The molecule has 0 radical (unpaired) electrons. The Hall–Kier alpha value is -3.55. The number of amides is 1. The third kappa shape index (κ3) is 4.26. The first-order valence-corrected chi connectivity index (χ1v) is 11.3. The molecule has 4 heterocycles. The van der Waals surface area contributed by atoms with E-state index in [9.17, 15) is 4.79 Å². The lowest BCUT2D eigenvalue weighted by Gasteiger charge is -2.33. The number of benzene rings is 1. The molecule has 0 saturated carbocycles. The molecular weight excluding hydrogens is 402 g/mol. The van der Waals surface area contributed by atoms with Crippen LogP contribution in [0.5, 0.6) is 0 Å². The summed E-state index contributed by atoms with van der Waals surface area (Å²) in [4.78, 5) is 28.9. The zero-order chi connectivity index (χ0) is 21.9. The summed E-state index contributed by atoms with van der Waals surface area (Å²) in [7, 11) is 0. The number of piperidine rings is 1. The molecule has 3 aromatic rings. The summed E-state index contributed by atoms with van der Waals surface area (Å²) in [6, 6.07) is 10.5. The number of likely N-dealkylation sites (tertiary alicyclic amines) is 1. The number of carbonyl (C=O) groups is 1. The van der Waals surface area contributed by atoms with Gasteiger partial charge in [0.05, 0.1) is 5.39 Å². The van der Waals surface area contributed by atoms with Crippen LogP contribution in [-0.2, 0) is 4.79 Å². The molecule has 1 atom stereocenters. The third-order valence-electron chi connectivity index (χ3n) is 6.26. The number of carbonyl (C=O) groups excluding carboxylic acids is 1. The van der Waals surface area contributed by atoms with Gasteiger partial charge in [-0.15, -0.1) is 0 Å². The van der Waals surface area contributed by atoms with Crippen molar-refractivity contribution in [2.75, 3.05) is 41.7 Å². The number of rotatable bonds is 6. The maximum Gasteiger partial charge on any atom is 0.246 e. The molecule has 0 bridgehead atoms. The molecule has 2 fully saturated rings. The number of hydrogen-bond acceptors (Lipinski definition) is 6. The fraction of sp³-hybridized carbons (Fsp3) is 0.375. The van der Waals surface area contributed by atoms with Gasteiger partial charge in [0.1, 0.15) is 11.5 Å². The van der Waals surface area contributed by atoms with Gasteiger partial charge in [0.15, 0.2) is 0 Å². The summed E-state index contributed by atoms with van der Waals surface area (Å²) >= 11 is 0. The zero-order valence-corrected chi connectivity index (χ0v) is 18.2. The molecule has 8 heteroatoms. The van der Waals surface area contributed by atoms with Crippen LogP contribution in [0.15, 0.2) is 49.2 Å². The summed E-state index contributed by atoms with van der Waals surface area (Å²) in [5, 5.41) is 7.82. The lowest BCUT2D eigenvalue weighted by Crippen LogP contribution is -2.44. The van der Waals surface area contributed by atoms with Crippen molar-refractivity contribution in [3.63, 3.8) is 0 Å². The Bertz CT molecular complexity index is 1100. The molecule has 8 nitrogen and oxygen atoms in total. The van der Waals surface area contributed by atoms with Crippen molar-refractivity contribution in [2.45, 2.75) is 31.7 Å². The smallest absolute Gasteiger partial charge is 0.246 e. The predicted molar refractivity (Wildman–Crippen MR) is 128 cm³/mol. The van der Waals surface area contributed by atoms with Gasteiger partial charge in [-0.05, 0) is 62.1 Å². The Labute approximate surface area is 187 Å². The van der Waals surface area contributed by atoms with Gasteiger partial charge in [-0.25, -0.2) is 0 Å². The first-order valence-electron chi connectivity index (χ1n) is 11.3. The van der Waals surface area contributed by atoms with Crippen molar-refractivity contribution < 1.29 is 4.79 Å². The van der Waals surface area contributed by atoms with E-state index >= 15 is 0 Å². The second-order valence-electron chi connectivity index (χ2n) is 8.47. The zero-order valence-electron chi connectivity index (χ0n) is 18.2. The number of H-pyrrole nitrogens is 1. The number of nitrogens with one attached hydrogen (secondary N) is 3. The Morgan fingerprint density at radius 1 is 1.09 bits per heavy atom. The first-order chi connectivity index (χ1) is 15.7. The monoisotopic (exact) mass is 431 g/mol. The van der Waals surface area contributed by atoms with E-state index in [1.54, 1.807) is 0 Å². The minimum Gasteiger partial charge on any atom is -0.372 e. The van der Waals surface area contributed by atoms with Gasteiger partial charge in [-0.2, -0.15) is 9.97 Å². The highest BCUT2D eigenvalue weighted by molar-refractivity contribution is 5.89. The second kappa shape index (κ2) is 8.90. The van der Waals surface area contributed by atoms with Crippen molar-refractivity contribution in [1.82, 2.24) is 19.9 Å². The van der Waals surface area contributed by atoms with E-state index in [2.05, 4.69) is 56.3 Å². The van der Waals surface area contributed by atoms with Crippen molar-refractivity contribution in [3.05, 3.63) is 49.2 Å². The standard InChI is InChI=1S/C24H29N7O/c1-2-21(32)31-15-5-6-18(16-31)26-23-20-11-12-25-22(20)28-24(29-23)27-17-7-9-19(10-8-17)30-13-3-4-14-30/h2,7-12,18H,1,3-6,13-16H2,(H3,25,26,27,28,29)/t18-/m1/s1. The average Bonchev–Trinajstić information content (AvgIpc) is 3.52. The van der Waals surface area contributed by atoms with Crippen molar-refractivity contribution in [2.24, 2.45) is 0 Å². The van der Waals surface area contributed by atoms with E-state index < -0.39 is 0 Å². The van der Waals surface area contributed by atoms with Crippen LogP contribution >= 0.6 is 0 Å². The largest absolute Gasteiger partial charge is 0.372 e. The number of anilines is 4. The van der Waals surface area contributed by atoms with Crippen LogP contribution in [0.4, 0.5) is 23.1 Å². The number of nitrogens with zero attached hydrogens (tertiary/aromatic N) is 4. The quantitative estimate of drug-likeness (QED) is 0.513. The Balaban J connectivity index is 1.34. The SMILES string of the molecule is C=CC(=O)N1CCC[C@@H](Nc2nc(Nc3ccc(N4CCCC4)cc3)nc3[nH]ccc23)C1. The maximum atomic E-state index is 12.0. The van der Waals surface area contributed by atoms with Crippen LogP contribution in [0.25, 0.3) is 11.0 Å². The summed E-state index contributed by atoms with van der Waals surface area (Å²) in [5.41, 5.74) is 2.98. The molecule has 32 heavy (non-hydrogen) atoms. The van der Waals surface area contributed by atoms with Crippen LogP contribution in [0, 0.1) is 0 Å². The maximum absolute atomic E-state index is 12.0. The van der Waals surface area contributed by atoms with Gasteiger partial charge in [0.25, 0.3) is 0 Å². The van der Waals surface area contributed by atoms with E-state index in [0.717, 1.165) is 55.0 Å². The average molecular weight is 432 g/mol. The molecule has 0 unspecified atom stereocenters. The molecule has 166 valence electrons. The summed E-state index contributed by atoms with van der Waals surface area (Å²) < 4.78 is 0. The molecular formula is C24H29N7O. The van der Waals surface area contributed by atoms with Gasteiger partial charge < -0.3 is 25.4 Å². The number of aromatic amines is 1. The van der Waals surface area contributed by atoms with E-state index in [0.29, 0.717) is 12.5 Å². The van der Waals surface area contributed by atoms with Crippen LogP contribution in [0.3, 0.4) is 0 Å². The Morgan fingerprint density at radius 3 is 2.69 bits per heavy atom. The lowest BCUT2D eigenvalue weighted by atomic mass is 10.1. The summed E-state index contributed by atoms with van der Waals surface area (Å²) in [6.45, 7) is 7.28. The molecule has 3 N–H and O–H groups in total. The highest BCUT2D eigenvalue weighted by Crippen LogP contribution is 2.27. The van der Waals surface area contributed by atoms with E-state index in [1.807, 2.05) is 17.2 Å². The molecule has 5 rings (SSSR count). The van der Waals surface area contributed by atoms with Gasteiger partial charge in [0, 0.05) is 49.8 Å². The molecule has 2 saturated heterocycles. The minimum atomic E-state index is -0.0225. The number of aromatic nitrogens is 3. The predicted octanol–water partition coefficient (Wildman–Crippen LogP) is 3.89. The van der Waals surface area contributed by atoms with Crippen LogP contribution < -0.4 is 15.5 Å². The molecule has 2 aliphatic heterocycles. The van der Waals surface area contributed by atoms with E-state index in [1.165, 1.54) is 24.6 Å². The van der Waals surface area contributed by atoms with Gasteiger partial charge in [-0.3, -0.25) is 4.79 Å². The summed E-state index contributed by atoms with van der Waals surface area (Å²) in [5.74, 6) is 1.28. The van der Waals surface area contributed by atoms with Gasteiger partial charge in [-0.1, -0.05) is 6.58 Å². The normalized spacial score (nSPS) is 18.7. The fourth-order valence-electron chi connectivity index (χ4n) is 4.58. The lowest BCUT2D eigenvalue weighted by molar-refractivity contribution is -0.127. The van der Waals surface area contributed by atoms with Gasteiger partial charge >= 0.3 is 0 Å². The fourth-order valence-corrected chi connectivity index (χ4v) is 4.58. The molecule has 2 aromatic heterocycles. The number of hydrogen-bond donors (Lipinski definition) is 3. The highest BCUT2D eigenvalue weighted by atomic mass is 16.2.